The Labute approximate surface area is 176 Å². The number of carbonyl (C=O) groups excluding carboxylic acids is 4. The second-order valence-corrected chi connectivity index (χ2v) is 6.42. The quantitative estimate of drug-likeness (QED) is 0.203. The zero-order valence-electron chi connectivity index (χ0n) is 17.0. The Morgan fingerprint density at radius 3 is 1.74 bits per heavy atom. The number of ketones is 1. The van der Waals surface area contributed by atoms with Crippen LogP contribution in [0.25, 0.3) is 0 Å². The van der Waals surface area contributed by atoms with Crippen molar-refractivity contribution in [2.45, 2.75) is 33.6 Å². The van der Waals surface area contributed by atoms with Gasteiger partial charge in [0.1, 0.15) is 22.8 Å². The van der Waals surface area contributed by atoms with Crippen LogP contribution in [0.3, 0.4) is 0 Å². The molecule has 2 aromatic carbocycles. The number of carbonyl (C=O) groups is 4. The topological polar surface area (TPSA) is 139 Å². The first-order valence-corrected chi connectivity index (χ1v) is 9.06. The molecule has 162 valence electrons. The summed E-state index contributed by atoms with van der Waals surface area (Å²) < 4.78 is 15.1. The maximum absolute atomic E-state index is 12.9. The number of Topliss-reactive ketones (excluding diaryl/α,β-unsaturated/α-hetero) is 1. The predicted molar refractivity (Wildman–Crippen MR) is 106 cm³/mol. The number of hydrogen-bond acceptors (Lipinski definition) is 9. The average Bonchev–Trinajstić information content (AvgIpc) is 2.64. The van der Waals surface area contributed by atoms with E-state index in [1.54, 1.807) is 0 Å². The normalized spacial score (nSPS) is 10.2. The van der Waals surface area contributed by atoms with Gasteiger partial charge in [-0.05, 0) is 12.0 Å². The van der Waals surface area contributed by atoms with Gasteiger partial charge in [-0.2, -0.15) is 0 Å². The van der Waals surface area contributed by atoms with Crippen LogP contribution in [0.15, 0.2) is 36.4 Å². The Kier molecular flexibility index (Phi) is 7.56. The Balaban J connectivity index is 2.38. The van der Waals surface area contributed by atoms with Crippen LogP contribution < -0.4 is 14.2 Å². The van der Waals surface area contributed by atoms with Gasteiger partial charge in [-0.25, -0.2) is 0 Å². The van der Waals surface area contributed by atoms with E-state index in [0.717, 1.165) is 20.8 Å². The summed E-state index contributed by atoms with van der Waals surface area (Å²) in [5.41, 5.74) is 0.423. The van der Waals surface area contributed by atoms with E-state index in [4.69, 9.17) is 14.2 Å². The number of nitrogens with zero attached hydrogens (tertiary/aromatic N) is 1. The second kappa shape index (κ2) is 10.1. The summed E-state index contributed by atoms with van der Waals surface area (Å²) >= 11 is 0. The van der Waals surface area contributed by atoms with Gasteiger partial charge < -0.3 is 14.2 Å². The SMILES string of the molecule is CC(=O)Oc1cc(OC(C)=O)c(C(=O)CCc2ccc([N+](=O)[O-])cc2)c(OC(C)=O)c1. The van der Waals surface area contributed by atoms with Crippen molar-refractivity contribution in [2.75, 3.05) is 0 Å². The van der Waals surface area contributed by atoms with Gasteiger partial charge in [-0.3, -0.25) is 29.3 Å². The van der Waals surface area contributed by atoms with Gasteiger partial charge in [0, 0.05) is 51.5 Å². The van der Waals surface area contributed by atoms with Crippen molar-refractivity contribution in [3.8, 4) is 17.2 Å². The molecule has 0 amide bonds. The minimum atomic E-state index is -0.738. The molecule has 0 N–H and O–H groups in total. The highest BCUT2D eigenvalue weighted by Crippen LogP contribution is 2.36. The third-order valence-electron chi connectivity index (χ3n) is 3.88. The van der Waals surface area contributed by atoms with Gasteiger partial charge in [0.25, 0.3) is 5.69 Å². The Morgan fingerprint density at radius 1 is 0.839 bits per heavy atom. The predicted octanol–water partition coefficient (Wildman–Crippen LogP) is 3.19. The summed E-state index contributed by atoms with van der Waals surface area (Å²) in [5, 5.41) is 10.7. The maximum atomic E-state index is 12.9. The lowest BCUT2D eigenvalue weighted by molar-refractivity contribution is -0.384. The van der Waals surface area contributed by atoms with Gasteiger partial charge in [0.2, 0.25) is 0 Å². The Morgan fingerprint density at radius 2 is 1.32 bits per heavy atom. The first kappa shape index (κ1) is 23.2. The van der Waals surface area contributed by atoms with Crippen molar-refractivity contribution in [3.63, 3.8) is 0 Å². The smallest absolute Gasteiger partial charge is 0.308 e. The molecule has 0 aliphatic heterocycles. The van der Waals surface area contributed by atoms with Gasteiger partial charge in [-0.1, -0.05) is 12.1 Å². The Bertz CT molecular complexity index is 1000. The highest BCUT2D eigenvalue weighted by molar-refractivity contribution is 6.03. The van der Waals surface area contributed by atoms with Gasteiger partial charge in [0.15, 0.2) is 5.78 Å². The third-order valence-corrected chi connectivity index (χ3v) is 3.88. The van der Waals surface area contributed by atoms with E-state index in [2.05, 4.69) is 0 Å². The summed E-state index contributed by atoms with van der Waals surface area (Å²) in [4.78, 5) is 57.5. The number of aryl methyl sites for hydroxylation is 1. The molecular weight excluding hydrogens is 410 g/mol. The van der Waals surface area contributed by atoms with Crippen LogP contribution in [-0.2, 0) is 20.8 Å². The molecule has 2 aromatic rings. The van der Waals surface area contributed by atoms with E-state index in [9.17, 15) is 29.3 Å². The zero-order chi connectivity index (χ0) is 23.1. The third kappa shape index (κ3) is 6.74. The lowest BCUT2D eigenvalue weighted by Crippen LogP contribution is -2.13. The van der Waals surface area contributed by atoms with Crippen molar-refractivity contribution in [2.24, 2.45) is 0 Å². The number of ether oxygens (including phenoxy) is 3. The van der Waals surface area contributed by atoms with Crippen molar-refractivity contribution in [1.29, 1.82) is 0 Å². The van der Waals surface area contributed by atoms with Gasteiger partial charge >= 0.3 is 17.9 Å². The van der Waals surface area contributed by atoms with E-state index in [0.29, 0.717) is 5.56 Å². The molecule has 0 saturated carbocycles. The van der Waals surface area contributed by atoms with Crippen LogP contribution in [-0.4, -0.2) is 28.6 Å². The van der Waals surface area contributed by atoms with Crippen molar-refractivity contribution in [3.05, 3.63) is 57.6 Å². The fraction of sp³-hybridized carbons (Fsp3) is 0.238. The molecule has 0 aromatic heterocycles. The summed E-state index contributed by atoms with van der Waals surface area (Å²) in [5.74, 6) is -3.18. The molecule has 0 spiro atoms. The van der Waals surface area contributed by atoms with Crippen LogP contribution in [0.1, 0.15) is 43.1 Å². The van der Waals surface area contributed by atoms with Crippen molar-refractivity contribution >= 4 is 29.4 Å². The molecular formula is C21H19NO9. The number of rotatable bonds is 8. The van der Waals surface area contributed by atoms with Crippen LogP contribution >= 0.6 is 0 Å². The lowest BCUT2D eigenvalue weighted by Gasteiger charge is -2.15. The molecule has 0 atom stereocenters. The summed E-state index contributed by atoms with van der Waals surface area (Å²) in [6.45, 7) is 3.39. The number of nitro benzene ring substituents is 1. The largest absolute Gasteiger partial charge is 0.426 e. The molecule has 0 aliphatic rings. The molecule has 0 unspecified atom stereocenters. The molecule has 0 aliphatic carbocycles. The fourth-order valence-electron chi connectivity index (χ4n) is 2.70. The van der Waals surface area contributed by atoms with Crippen LogP contribution in [0, 0.1) is 10.1 Å². The minimum absolute atomic E-state index is 0.0761. The molecule has 10 nitrogen and oxygen atoms in total. The molecule has 0 radical (unpaired) electrons. The number of esters is 3. The van der Waals surface area contributed by atoms with Crippen molar-refractivity contribution < 1.29 is 38.3 Å². The first-order valence-electron chi connectivity index (χ1n) is 9.06. The lowest BCUT2D eigenvalue weighted by atomic mass is 10.0. The summed E-state index contributed by atoms with van der Waals surface area (Å²) in [6, 6.07) is 8.04. The monoisotopic (exact) mass is 429 g/mol. The molecule has 0 heterocycles. The average molecular weight is 429 g/mol. The highest BCUT2D eigenvalue weighted by atomic mass is 16.6. The van der Waals surface area contributed by atoms with E-state index in [1.807, 2.05) is 0 Å². The van der Waals surface area contributed by atoms with Crippen LogP contribution in [0.5, 0.6) is 17.2 Å². The Hall–Kier alpha value is -4.08. The summed E-state index contributed by atoms with van der Waals surface area (Å²) in [7, 11) is 0. The first-order chi connectivity index (χ1) is 14.6. The van der Waals surface area contributed by atoms with Gasteiger partial charge in [-0.15, -0.1) is 0 Å². The fourth-order valence-corrected chi connectivity index (χ4v) is 2.70. The molecule has 0 fully saturated rings. The number of non-ortho nitro benzene ring substituents is 1. The second-order valence-electron chi connectivity index (χ2n) is 6.42. The molecule has 10 heteroatoms. The van der Waals surface area contributed by atoms with Crippen LogP contribution in [0.2, 0.25) is 0 Å². The summed E-state index contributed by atoms with van der Waals surface area (Å²) in [6.07, 6.45) is 0.148. The van der Waals surface area contributed by atoms with Gasteiger partial charge in [0.05, 0.1) is 4.92 Å². The minimum Gasteiger partial charge on any atom is -0.426 e. The highest BCUT2D eigenvalue weighted by Gasteiger charge is 2.24. The van der Waals surface area contributed by atoms with Crippen molar-refractivity contribution in [1.82, 2.24) is 0 Å². The molecule has 31 heavy (non-hydrogen) atoms. The van der Waals surface area contributed by atoms with E-state index in [-0.39, 0.29) is 41.3 Å². The van der Waals surface area contributed by atoms with E-state index >= 15 is 0 Å². The van der Waals surface area contributed by atoms with Crippen LogP contribution in [0.4, 0.5) is 5.69 Å². The number of benzene rings is 2. The molecule has 2 rings (SSSR count). The number of hydrogen-bond donors (Lipinski definition) is 0. The number of nitro groups is 1. The molecule has 0 bridgehead atoms. The zero-order valence-corrected chi connectivity index (χ0v) is 17.0. The maximum Gasteiger partial charge on any atom is 0.308 e. The standard InChI is InChI=1S/C21H19NO9/c1-12(23)29-17-10-19(30-13(2)24)21(20(11-17)31-14(3)25)18(26)9-6-15-4-7-16(8-5-15)22(27)28/h4-5,7-8,10-11H,6,9H2,1-3H3. The molecule has 0 saturated heterocycles. The van der Waals surface area contributed by atoms with E-state index < -0.39 is 28.6 Å². The van der Waals surface area contributed by atoms with E-state index in [1.165, 1.54) is 36.4 Å².